The molecule has 1 aromatic heterocycles. The molecule has 0 saturated heterocycles. The summed E-state index contributed by atoms with van der Waals surface area (Å²) in [5.74, 6) is 0. The minimum atomic E-state index is -0.476. The van der Waals surface area contributed by atoms with Gasteiger partial charge in [0.25, 0.3) is 0 Å². The summed E-state index contributed by atoms with van der Waals surface area (Å²) < 4.78 is 0. The van der Waals surface area contributed by atoms with Gasteiger partial charge in [0.2, 0.25) is 0 Å². The molecular weight excluding hydrogens is 260 g/mol. The number of nitrogens with one attached hydrogen (secondary N) is 1. The van der Waals surface area contributed by atoms with Crippen LogP contribution in [-0.2, 0) is 6.54 Å². The zero-order valence-electron chi connectivity index (χ0n) is 11.7. The van der Waals surface area contributed by atoms with Gasteiger partial charge < -0.3 is 10.4 Å². The molecule has 0 fully saturated rings. The summed E-state index contributed by atoms with van der Waals surface area (Å²) in [4.78, 5) is 4.11. The van der Waals surface area contributed by atoms with Crippen LogP contribution in [0.25, 0.3) is 10.8 Å². The molecule has 0 bridgehead atoms. The second-order valence-corrected chi connectivity index (χ2v) is 5.11. The molecule has 3 aromatic rings. The number of fused-ring (bicyclic) bond motifs is 1. The quantitative estimate of drug-likeness (QED) is 0.754. The van der Waals surface area contributed by atoms with Gasteiger partial charge in [-0.1, -0.05) is 42.5 Å². The lowest BCUT2D eigenvalue weighted by Gasteiger charge is -2.12. The molecule has 1 atom stereocenters. The number of hydrogen-bond acceptors (Lipinski definition) is 3. The van der Waals surface area contributed by atoms with Crippen molar-refractivity contribution in [3.05, 3.63) is 78.1 Å². The molecule has 1 heterocycles. The summed E-state index contributed by atoms with van der Waals surface area (Å²) in [6.45, 7) is 1.28. The normalized spacial score (nSPS) is 12.4. The molecule has 106 valence electrons. The first kappa shape index (κ1) is 13.7. The number of aliphatic hydroxyl groups is 1. The Balaban J connectivity index is 1.59. The average Bonchev–Trinajstić information content (AvgIpc) is 2.55. The molecule has 3 rings (SSSR count). The zero-order chi connectivity index (χ0) is 14.5. The third-order valence-corrected chi connectivity index (χ3v) is 3.56. The van der Waals surface area contributed by atoms with Gasteiger partial charge in [-0.15, -0.1) is 0 Å². The maximum absolute atomic E-state index is 10.1. The molecule has 3 heteroatoms. The molecule has 0 aliphatic carbocycles. The largest absolute Gasteiger partial charge is 0.387 e. The Bertz CT molecular complexity index is 712. The van der Waals surface area contributed by atoms with Gasteiger partial charge in [0.15, 0.2) is 0 Å². The second-order valence-electron chi connectivity index (χ2n) is 5.11. The summed E-state index contributed by atoms with van der Waals surface area (Å²) in [5.41, 5.74) is 2.14. The van der Waals surface area contributed by atoms with Crippen LogP contribution in [0.3, 0.4) is 0 Å². The molecule has 0 aliphatic heterocycles. The summed E-state index contributed by atoms with van der Waals surface area (Å²) in [5, 5.41) is 15.7. The Hall–Kier alpha value is -2.23. The van der Waals surface area contributed by atoms with Gasteiger partial charge in [0.05, 0.1) is 6.10 Å². The predicted octanol–water partition coefficient (Wildman–Crippen LogP) is 3.06. The molecular formula is C18H18N2O. The third-order valence-electron chi connectivity index (χ3n) is 3.56. The van der Waals surface area contributed by atoms with Crippen molar-refractivity contribution >= 4 is 10.8 Å². The van der Waals surface area contributed by atoms with Gasteiger partial charge in [-0.3, -0.25) is 4.98 Å². The van der Waals surface area contributed by atoms with Crippen LogP contribution in [-0.4, -0.2) is 16.6 Å². The molecule has 0 radical (unpaired) electrons. The molecule has 0 amide bonds. The Labute approximate surface area is 124 Å². The van der Waals surface area contributed by atoms with Gasteiger partial charge in [-0.25, -0.2) is 0 Å². The molecule has 2 aromatic carbocycles. The Morgan fingerprint density at radius 1 is 1.00 bits per heavy atom. The van der Waals surface area contributed by atoms with E-state index >= 15 is 0 Å². The highest BCUT2D eigenvalue weighted by molar-refractivity contribution is 5.81. The Morgan fingerprint density at radius 3 is 2.71 bits per heavy atom. The summed E-state index contributed by atoms with van der Waals surface area (Å²) >= 11 is 0. The van der Waals surface area contributed by atoms with Gasteiger partial charge in [-0.05, 0) is 28.6 Å². The highest BCUT2D eigenvalue weighted by Crippen LogP contribution is 2.15. The van der Waals surface area contributed by atoms with Crippen LogP contribution in [0, 0.1) is 0 Å². The van der Waals surface area contributed by atoms with Crippen LogP contribution in [0.2, 0.25) is 0 Å². The Morgan fingerprint density at radius 2 is 1.86 bits per heavy atom. The van der Waals surface area contributed by atoms with Crippen molar-refractivity contribution in [1.82, 2.24) is 10.3 Å². The average molecular weight is 278 g/mol. The maximum atomic E-state index is 10.1. The van der Waals surface area contributed by atoms with E-state index in [1.807, 2.05) is 42.6 Å². The van der Waals surface area contributed by atoms with E-state index in [9.17, 15) is 5.11 Å². The van der Waals surface area contributed by atoms with Crippen LogP contribution in [0.1, 0.15) is 17.2 Å². The topological polar surface area (TPSA) is 45.1 Å². The fourth-order valence-electron chi connectivity index (χ4n) is 2.39. The minimum absolute atomic E-state index is 0.476. The van der Waals surface area contributed by atoms with Gasteiger partial charge >= 0.3 is 0 Å². The lowest BCUT2D eigenvalue weighted by Crippen LogP contribution is -2.21. The summed E-state index contributed by atoms with van der Waals surface area (Å²) in [6.07, 6.45) is 3.19. The van der Waals surface area contributed by atoms with Crippen LogP contribution < -0.4 is 5.32 Å². The van der Waals surface area contributed by atoms with E-state index in [1.54, 1.807) is 6.20 Å². The van der Waals surface area contributed by atoms with Crippen molar-refractivity contribution in [3.8, 4) is 0 Å². The minimum Gasteiger partial charge on any atom is -0.387 e. The van der Waals surface area contributed by atoms with E-state index in [0.29, 0.717) is 6.54 Å². The molecule has 0 spiro atoms. The lowest BCUT2D eigenvalue weighted by molar-refractivity contribution is 0.174. The maximum Gasteiger partial charge on any atom is 0.0914 e. The van der Waals surface area contributed by atoms with E-state index in [0.717, 1.165) is 17.5 Å². The standard InChI is InChI=1S/C18H18N2O/c21-18(15-4-2-1-3-5-15)13-20-11-14-6-7-17-12-19-9-8-16(17)10-14/h1-10,12,18,20-21H,11,13H2. The van der Waals surface area contributed by atoms with E-state index < -0.39 is 6.10 Å². The van der Waals surface area contributed by atoms with Crippen molar-refractivity contribution in [1.29, 1.82) is 0 Å². The van der Waals surface area contributed by atoms with Crippen LogP contribution in [0.4, 0.5) is 0 Å². The fraction of sp³-hybridized carbons (Fsp3) is 0.167. The van der Waals surface area contributed by atoms with Gasteiger partial charge in [0.1, 0.15) is 0 Å². The van der Waals surface area contributed by atoms with Crippen molar-refractivity contribution in [2.75, 3.05) is 6.54 Å². The number of pyridine rings is 1. The van der Waals surface area contributed by atoms with Crippen LogP contribution in [0.15, 0.2) is 67.0 Å². The first-order chi connectivity index (χ1) is 10.3. The number of hydrogen-bond donors (Lipinski definition) is 2. The number of aliphatic hydroxyl groups excluding tert-OH is 1. The van der Waals surface area contributed by atoms with Crippen molar-refractivity contribution in [2.45, 2.75) is 12.6 Å². The first-order valence-electron chi connectivity index (χ1n) is 7.09. The summed E-state index contributed by atoms with van der Waals surface area (Å²) in [6, 6.07) is 18.0. The number of rotatable bonds is 5. The molecule has 2 N–H and O–H groups in total. The van der Waals surface area contributed by atoms with E-state index in [1.165, 1.54) is 10.9 Å². The number of nitrogens with zero attached hydrogens (tertiary/aromatic N) is 1. The predicted molar refractivity (Wildman–Crippen MR) is 84.9 cm³/mol. The lowest BCUT2D eigenvalue weighted by atomic mass is 10.1. The SMILES string of the molecule is OC(CNCc1ccc2cnccc2c1)c1ccccc1. The number of aromatic nitrogens is 1. The van der Waals surface area contributed by atoms with Crippen molar-refractivity contribution in [2.24, 2.45) is 0 Å². The first-order valence-corrected chi connectivity index (χ1v) is 7.09. The van der Waals surface area contributed by atoms with Crippen molar-refractivity contribution < 1.29 is 5.11 Å². The Kier molecular flexibility index (Phi) is 4.24. The monoisotopic (exact) mass is 278 g/mol. The van der Waals surface area contributed by atoms with E-state index in [-0.39, 0.29) is 0 Å². The molecule has 0 saturated carbocycles. The molecule has 0 aliphatic rings. The van der Waals surface area contributed by atoms with E-state index in [4.69, 9.17) is 0 Å². The second kappa shape index (κ2) is 6.48. The smallest absolute Gasteiger partial charge is 0.0914 e. The highest BCUT2D eigenvalue weighted by atomic mass is 16.3. The molecule has 3 nitrogen and oxygen atoms in total. The zero-order valence-corrected chi connectivity index (χ0v) is 11.7. The van der Waals surface area contributed by atoms with E-state index in [2.05, 4.69) is 28.5 Å². The van der Waals surface area contributed by atoms with Gasteiger partial charge in [0, 0.05) is 30.9 Å². The summed E-state index contributed by atoms with van der Waals surface area (Å²) in [7, 11) is 0. The third kappa shape index (κ3) is 3.45. The fourth-order valence-corrected chi connectivity index (χ4v) is 2.39. The van der Waals surface area contributed by atoms with Crippen LogP contribution >= 0.6 is 0 Å². The number of benzene rings is 2. The molecule has 1 unspecified atom stereocenters. The van der Waals surface area contributed by atoms with Crippen LogP contribution in [0.5, 0.6) is 0 Å². The highest BCUT2D eigenvalue weighted by Gasteiger charge is 2.05. The van der Waals surface area contributed by atoms with Crippen molar-refractivity contribution in [3.63, 3.8) is 0 Å². The molecule has 21 heavy (non-hydrogen) atoms. The van der Waals surface area contributed by atoms with Gasteiger partial charge in [-0.2, -0.15) is 0 Å².